The molecule has 1 amide bonds. The van der Waals surface area contributed by atoms with Crippen LogP contribution in [0.25, 0.3) is 0 Å². The van der Waals surface area contributed by atoms with Crippen molar-refractivity contribution in [3.05, 3.63) is 28.2 Å². The van der Waals surface area contributed by atoms with Gasteiger partial charge in [-0.05, 0) is 31.0 Å². The SMILES string of the molecule is COc1ccc(Br)cc1CN(C)C(=O)C1(N)CCOCC1. The van der Waals surface area contributed by atoms with Crippen molar-refractivity contribution >= 4 is 21.8 Å². The number of ether oxygens (including phenoxy) is 2. The normalized spacial score (nSPS) is 17.3. The van der Waals surface area contributed by atoms with Crippen molar-refractivity contribution in [1.29, 1.82) is 0 Å². The maximum atomic E-state index is 12.6. The lowest BCUT2D eigenvalue weighted by Crippen LogP contribution is -2.57. The predicted octanol–water partition coefficient (Wildman–Crippen LogP) is 1.92. The lowest BCUT2D eigenvalue weighted by molar-refractivity contribution is -0.139. The van der Waals surface area contributed by atoms with Crippen LogP contribution in [0.4, 0.5) is 0 Å². The second kappa shape index (κ2) is 6.77. The third-order valence-corrected chi connectivity index (χ3v) is 4.30. The largest absolute Gasteiger partial charge is 0.496 e. The number of benzene rings is 1. The summed E-state index contributed by atoms with van der Waals surface area (Å²) in [5.74, 6) is 0.712. The topological polar surface area (TPSA) is 64.8 Å². The Morgan fingerprint density at radius 2 is 2.14 bits per heavy atom. The van der Waals surface area contributed by atoms with Gasteiger partial charge in [0.05, 0.1) is 12.6 Å². The molecule has 0 saturated carbocycles. The van der Waals surface area contributed by atoms with E-state index in [1.165, 1.54) is 0 Å². The Kier molecular flexibility index (Phi) is 5.24. The van der Waals surface area contributed by atoms with Crippen LogP contribution in [0, 0.1) is 0 Å². The molecule has 21 heavy (non-hydrogen) atoms. The van der Waals surface area contributed by atoms with Gasteiger partial charge in [0.2, 0.25) is 5.91 Å². The highest BCUT2D eigenvalue weighted by molar-refractivity contribution is 9.10. The quantitative estimate of drug-likeness (QED) is 0.894. The third-order valence-electron chi connectivity index (χ3n) is 3.81. The molecule has 2 rings (SSSR count). The molecule has 1 heterocycles. The molecule has 0 spiro atoms. The second-order valence-electron chi connectivity index (χ2n) is 5.39. The maximum absolute atomic E-state index is 12.6. The van der Waals surface area contributed by atoms with Gasteiger partial charge in [-0.1, -0.05) is 15.9 Å². The molecule has 5 nitrogen and oxygen atoms in total. The molecule has 0 aliphatic carbocycles. The number of nitrogens with two attached hydrogens (primary N) is 1. The van der Waals surface area contributed by atoms with Crippen molar-refractivity contribution in [2.24, 2.45) is 5.73 Å². The van der Waals surface area contributed by atoms with Crippen molar-refractivity contribution in [3.63, 3.8) is 0 Å². The Labute approximate surface area is 133 Å². The number of carbonyl (C=O) groups is 1. The van der Waals surface area contributed by atoms with Crippen LogP contribution >= 0.6 is 15.9 Å². The lowest BCUT2D eigenvalue weighted by atomic mass is 9.89. The van der Waals surface area contributed by atoms with E-state index in [1.807, 2.05) is 18.2 Å². The lowest BCUT2D eigenvalue weighted by Gasteiger charge is -2.35. The molecule has 116 valence electrons. The molecule has 1 aromatic carbocycles. The summed E-state index contributed by atoms with van der Waals surface area (Å²) in [5.41, 5.74) is 6.38. The number of amides is 1. The Bertz CT molecular complexity index is 516. The van der Waals surface area contributed by atoms with Gasteiger partial charge in [0.1, 0.15) is 5.75 Å². The molecule has 1 fully saturated rings. The van der Waals surface area contributed by atoms with Crippen LogP contribution < -0.4 is 10.5 Å². The van der Waals surface area contributed by atoms with Gasteiger partial charge >= 0.3 is 0 Å². The van der Waals surface area contributed by atoms with Gasteiger partial charge in [-0.3, -0.25) is 4.79 Å². The van der Waals surface area contributed by atoms with Gasteiger partial charge in [-0.2, -0.15) is 0 Å². The fourth-order valence-electron chi connectivity index (χ4n) is 2.53. The van der Waals surface area contributed by atoms with E-state index in [4.69, 9.17) is 15.2 Å². The number of rotatable bonds is 4. The van der Waals surface area contributed by atoms with Crippen molar-refractivity contribution < 1.29 is 14.3 Å². The molecule has 0 atom stereocenters. The fraction of sp³-hybridized carbons (Fsp3) is 0.533. The number of nitrogens with zero attached hydrogens (tertiary/aromatic N) is 1. The molecule has 1 saturated heterocycles. The van der Waals surface area contributed by atoms with Crippen LogP contribution in [0.2, 0.25) is 0 Å². The summed E-state index contributed by atoms with van der Waals surface area (Å²) in [6.07, 6.45) is 1.12. The van der Waals surface area contributed by atoms with E-state index >= 15 is 0 Å². The molecule has 0 radical (unpaired) electrons. The van der Waals surface area contributed by atoms with Gasteiger partial charge in [-0.25, -0.2) is 0 Å². The molecule has 2 N–H and O–H groups in total. The standard InChI is InChI=1S/C15H21BrN2O3/c1-18(14(19)15(17)5-7-21-8-6-15)10-11-9-12(16)3-4-13(11)20-2/h3-4,9H,5-8,10,17H2,1-2H3. The molecular formula is C15H21BrN2O3. The molecule has 0 aromatic heterocycles. The zero-order valence-electron chi connectivity index (χ0n) is 12.4. The molecule has 6 heteroatoms. The van der Waals surface area contributed by atoms with Crippen molar-refractivity contribution in [3.8, 4) is 5.75 Å². The molecular weight excluding hydrogens is 336 g/mol. The van der Waals surface area contributed by atoms with Crippen molar-refractivity contribution in [2.45, 2.75) is 24.9 Å². The van der Waals surface area contributed by atoms with Crippen LogP contribution in [0.1, 0.15) is 18.4 Å². The number of hydrogen-bond donors (Lipinski definition) is 1. The zero-order valence-corrected chi connectivity index (χ0v) is 14.0. The summed E-state index contributed by atoms with van der Waals surface area (Å²) in [7, 11) is 3.39. The maximum Gasteiger partial charge on any atom is 0.242 e. The van der Waals surface area contributed by atoms with E-state index < -0.39 is 5.54 Å². The van der Waals surface area contributed by atoms with Crippen LogP contribution in [0.15, 0.2) is 22.7 Å². The summed E-state index contributed by atoms with van der Waals surface area (Å²) in [5, 5.41) is 0. The zero-order chi connectivity index (χ0) is 15.5. The molecule has 0 bridgehead atoms. The number of carbonyl (C=O) groups excluding carboxylic acids is 1. The first-order valence-corrected chi connectivity index (χ1v) is 7.70. The number of hydrogen-bond acceptors (Lipinski definition) is 4. The molecule has 1 aromatic rings. The first-order chi connectivity index (χ1) is 9.96. The van der Waals surface area contributed by atoms with E-state index in [-0.39, 0.29) is 5.91 Å². The Morgan fingerprint density at radius 1 is 1.48 bits per heavy atom. The van der Waals surface area contributed by atoms with Crippen LogP contribution in [0.3, 0.4) is 0 Å². The first-order valence-electron chi connectivity index (χ1n) is 6.91. The highest BCUT2D eigenvalue weighted by atomic mass is 79.9. The second-order valence-corrected chi connectivity index (χ2v) is 6.30. The van der Waals surface area contributed by atoms with Crippen LogP contribution in [-0.2, 0) is 16.1 Å². The highest BCUT2D eigenvalue weighted by Gasteiger charge is 2.38. The van der Waals surface area contributed by atoms with Crippen molar-refractivity contribution in [2.75, 3.05) is 27.4 Å². The Hall–Kier alpha value is -1.11. The van der Waals surface area contributed by atoms with Gasteiger partial charge in [0.25, 0.3) is 0 Å². The number of likely N-dealkylation sites (N-methyl/N-ethyl adjacent to an activating group) is 1. The molecule has 1 aliphatic rings. The summed E-state index contributed by atoms with van der Waals surface area (Å²) in [4.78, 5) is 14.3. The summed E-state index contributed by atoms with van der Waals surface area (Å²) < 4.78 is 11.6. The van der Waals surface area contributed by atoms with Gasteiger partial charge in [0.15, 0.2) is 0 Å². The smallest absolute Gasteiger partial charge is 0.242 e. The minimum Gasteiger partial charge on any atom is -0.496 e. The van der Waals surface area contributed by atoms with Gasteiger partial charge in [0, 0.05) is 36.8 Å². The summed E-state index contributed by atoms with van der Waals surface area (Å²) in [6, 6.07) is 5.74. The first kappa shape index (κ1) is 16.3. The predicted molar refractivity (Wildman–Crippen MR) is 84.1 cm³/mol. The third kappa shape index (κ3) is 3.75. The monoisotopic (exact) mass is 356 g/mol. The summed E-state index contributed by atoms with van der Waals surface area (Å²) >= 11 is 3.44. The molecule has 0 unspecified atom stereocenters. The van der Waals surface area contributed by atoms with E-state index in [1.54, 1.807) is 19.1 Å². The van der Waals surface area contributed by atoms with Crippen LogP contribution in [-0.4, -0.2) is 43.7 Å². The highest BCUT2D eigenvalue weighted by Crippen LogP contribution is 2.26. The van der Waals surface area contributed by atoms with Gasteiger partial charge < -0.3 is 20.1 Å². The minimum atomic E-state index is -0.813. The average Bonchev–Trinajstić information content (AvgIpc) is 2.47. The average molecular weight is 357 g/mol. The van der Waals surface area contributed by atoms with E-state index in [9.17, 15) is 4.79 Å². The van der Waals surface area contributed by atoms with E-state index in [0.717, 1.165) is 15.8 Å². The Morgan fingerprint density at radius 3 is 2.76 bits per heavy atom. The number of methoxy groups -OCH3 is 1. The fourth-order valence-corrected chi connectivity index (χ4v) is 2.94. The summed E-state index contributed by atoms with van der Waals surface area (Å²) in [6.45, 7) is 1.54. The Balaban J connectivity index is 2.12. The van der Waals surface area contributed by atoms with Gasteiger partial charge in [-0.15, -0.1) is 0 Å². The number of halogens is 1. The minimum absolute atomic E-state index is 0.0483. The van der Waals surface area contributed by atoms with Crippen molar-refractivity contribution in [1.82, 2.24) is 4.90 Å². The van der Waals surface area contributed by atoms with E-state index in [0.29, 0.717) is 32.6 Å². The molecule has 1 aliphatic heterocycles. The van der Waals surface area contributed by atoms with E-state index in [2.05, 4.69) is 15.9 Å². The van der Waals surface area contributed by atoms with Crippen LogP contribution in [0.5, 0.6) is 5.75 Å².